The van der Waals surface area contributed by atoms with Gasteiger partial charge < -0.3 is 19.7 Å². The van der Waals surface area contributed by atoms with E-state index < -0.39 is 0 Å². The maximum atomic E-state index is 13.0. The quantitative estimate of drug-likeness (QED) is 0.871. The summed E-state index contributed by atoms with van der Waals surface area (Å²) in [5, 5.41) is 8.32. The Kier molecular flexibility index (Phi) is 5.27. The largest absolute Gasteiger partial charge is 0.376 e. The van der Waals surface area contributed by atoms with Crippen molar-refractivity contribution in [2.45, 2.75) is 44.8 Å². The third-order valence-corrected chi connectivity index (χ3v) is 5.30. The van der Waals surface area contributed by atoms with Gasteiger partial charge >= 0.3 is 6.03 Å². The van der Waals surface area contributed by atoms with E-state index in [0.29, 0.717) is 18.8 Å². The zero-order chi connectivity index (χ0) is 18.8. The molecular formula is C19H27N5O3. The van der Waals surface area contributed by atoms with Gasteiger partial charge in [0.05, 0.1) is 29.8 Å². The first-order valence-corrected chi connectivity index (χ1v) is 9.68. The lowest BCUT2D eigenvalue weighted by Gasteiger charge is -2.28. The highest BCUT2D eigenvalue weighted by Gasteiger charge is 2.27. The number of nitrogens with zero attached hydrogens (tertiary/aromatic N) is 4. The van der Waals surface area contributed by atoms with Crippen LogP contribution in [0.3, 0.4) is 0 Å². The third kappa shape index (κ3) is 4.06. The van der Waals surface area contributed by atoms with Gasteiger partial charge in [0.2, 0.25) is 0 Å². The Morgan fingerprint density at radius 2 is 1.93 bits per heavy atom. The molecule has 146 valence electrons. The molecule has 0 radical (unpaired) electrons. The molecule has 2 saturated heterocycles. The van der Waals surface area contributed by atoms with E-state index in [9.17, 15) is 4.79 Å². The molecule has 2 aromatic heterocycles. The number of anilines is 1. The van der Waals surface area contributed by atoms with E-state index in [1.165, 1.54) is 0 Å². The van der Waals surface area contributed by atoms with E-state index in [1.54, 1.807) is 10.9 Å². The third-order valence-electron chi connectivity index (χ3n) is 5.30. The van der Waals surface area contributed by atoms with Crippen LogP contribution >= 0.6 is 0 Å². The predicted octanol–water partition coefficient (Wildman–Crippen LogP) is 2.47. The molecule has 2 aliphatic heterocycles. The van der Waals surface area contributed by atoms with Gasteiger partial charge in [-0.1, -0.05) is 0 Å². The fourth-order valence-corrected chi connectivity index (χ4v) is 3.89. The molecule has 1 N–H and O–H groups in total. The maximum Gasteiger partial charge on any atom is 0.322 e. The van der Waals surface area contributed by atoms with E-state index in [0.717, 1.165) is 55.6 Å². The average Bonchev–Trinajstić information content (AvgIpc) is 3.39. The molecule has 0 bridgehead atoms. The fraction of sp³-hybridized carbons (Fsp3) is 0.632. The standard InChI is InChI=1S/C19H27N5O3/c1-13-17-9-14(10-20-18(17)23(2)22-13)21-19(25)24(11-15-5-3-7-26-15)12-16-6-4-8-27-16/h9-10,15-16H,3-8,11-12H2,1-2H3,(H,21,25)/t15-,16-/m1/s1. The van der Waals surface area contributed by atoms with E-state index in [1.807, 2.05) is 24.9 Å². The first-order valence-electron chi connectivity index (χ1n) is 9.68. The summed E-state index contributed by atoms with van der Waals surface area (Å²) in [6.07, 6.45) is 6.01. The smallest absolute Gasteiger partial charge is 0.322 e. The number of nitrogens with one attached hydrogen (secondary N) is 1. The van der Waals surface area contributed by atoms with Crippen LogP contribution in [0.1, 0.15) is 31.4 Å². The van der Waals surface area contributed by atoms with Gasteiger partial charge in [0.15, 0.2) is 5.65 Å². The molecule has 27 heavy (non-hydrogen) atoms. The van der Waals surface area contributed by atoms with Gasteiger partial charge in [0, 0.05) is 38.7 Å². The Morgan fingerprint density at radius 1 is 1.26 bits per heavy atom. The lowest BCUT2D eigenvalue weighted by atomic mass is 10.2. The van der Waals surface area contributed by atoms with E-state index in [2.05, 4.69) is 15.4 Å². The summed E-state index contributed by atoms with van der Waals surface area (Å²) in [4.78, 5) is 19.2. The average molecular weight is 373 g/mol. The van der Waals surface area contributed by atoms with Crippen LogP contribution in [0.15, 0.2) is 12.3 Å². The molecule has 0 spiro atoms. The van der Waals surface area contributed by atoms with Crippen molar-refractivity contribution in [3.8, 4) is 0 Å². The Balaban J connectivity index is 1.48. The molecular weight excluding hydrogens is 346 g/mol. The second kappa shape index (κ2) is 7.82. The minimum Gasteiger partial charge on any atom is -0.376 e. The zero-order valence-electron chi connectivity index (χ0n) is 16.0. The normalized spacial score (nSPS) is 22.4. The summed E-state index contributed by atoms with van der Waals surface area (Å²) >= 11 is 0. The minimum atomic E-state index is -0.135. The molecule has 0 unspecified atom stereocenters. The summed E-state index contributed by atoms with van der Waals surface area (Å²) in [6, 6.07) is 1.79. The second-order valence-electron chi connectivity index (χ2n) is 7.41. The summed E-state index contributed by atoms with van der Waals surface area (Å²) < 4.78 is 13.2. The molecule has 0 aromatic carbocycles. The number of ether oxygens (including phenoxy) is 2. The number of carbonyl (C=O) groups is 1. The number of aryl methyl sites for hydroxylation is 2. The van der Waals surface area contributed by atoms with Gasteiger partial charge in [-0.3, -0.25) is 4.68 Å². The highest BCUT2D eigenvalue weighted by atomic mass is 16.5. The molecule has 4 heterocycles. The molecule has 4 rings (SSSR count). The van der Waals surface area contributed by atoms with Crippen LogP contribution in [0, 0.1) is 6.92 Å². The number of aromatic nitrogens is 3. The molecule has 2 aromatic rings. The van der Waals surface area contributed by atoms with E-state index >= 15 is 0 Å². The van der Waals surface area contributed by atoms with Gasteiger partial charge in [-0.2, -0.15) is 5.10 Å². The molecule has 2 atom stereocenters. The molecule has 0 aliphatic carbocycles. The number of amides is 2. The van der Waals surface area contributed by atoms with Crippen LogP contribution in [-0.4, -0.2) is 64.2 Å². The lowest BCUT2D eigenvalue weighted by Crippen LogP contribution is -2.44. The van der Waals surface area contributed by atoms with Crippen molar-refractivity contribution in [2.75, 3.05) is 31.6 Å². The second-order valence-corrected chi connectivity index (χ2v) is 7.41. The van der Waals surface area contributed by atoms with Gasteiger partial charge in [0.1, 0.15) is 0 Å². The molecule has 2 amide bonds. The van der Waals surface area contributed by atoms with Crippen LogP contribution in [0.2, 0.25) is 0 Å². The number of hydrogen-bond acceptors (Lipinski definition) is 5. The molecule has 0 saturated carbocycles. The van der Waals surface area contributed by atoms with Crippen molar-refractivity contribution in [1.82, 2.24) is 19.7 Å². The SMILES string of the molecule is Cc1nn(C)c2ncc(NC(=O)N(C[C@H]3CCCO3)C[C@H]3CCCO3)cc12. The lowest BCUT2D eigenvalue weighted by molar-refractivity contribution is 0.0524. The first kappa shape index (κ1) is 18.2. The van der Waals surface area contributed by atoms with Crippen LogP contribution < -0.4 is 5.32 Å². The Morgan fingerprint density at radius 3 is 2.52 bits per heavy atom. The van der Waals surface area contributed by atoms with Crippen molar-refractivity contribution in [3.05, 3.63) is 18.0 Å². The van der Waals surface area contributed by atoms with Crippen LogP contribution in [-0.2, 0) is 16.5 Å². The summed E-state index contributed by atoms with van der Waals surface area (Å²) in [7, 11) is 1.87. The van der Waals surface area contributed by atoms with Gasteiger partial charge in [-0.15, -0.1) is 0 Å². The van der Waals surface area contributed by atoms with Crippen LogP contribution in [0.4, 0.5) is 10.5 Å². The van der Waals surface area contributed by atoms with Crippen LogP contribution in [0.5, 0.6) is 0 Å². The molecule has 2 aliphatic rings. The van der Waals surface area contributed by atoms with Crippen molar-refractivity contribution in [3.63, 3.8) is 0 Å². The summed E-state index contributed by atoms with van der Waals surface area (Å²) in [5.74, 6) is 0. The fourth-order valence-electron chi connectivity index (χ4n) is 3.89. The minimum absolute atomic E-state index is 0.110. The predicted molar refractivity (Wildman–Crippen MR) is 102 cm³/mol. The van der Waals surface area contributed by atoms with Gasteiger partial charge in [0.25, 0.3) is 0 Å². The van der Waals surface area contributed by atoms with Gasteiger partial charge in [-0.05, 0) is 38.7 Å². The first-order chi connectivity index (χ1) is 13.1. The van der Waals surface area contributed by atoms with E-state index in [4.69, 9.17) is 9.47 Å². The summed E-state index contributed by atoms with van der Waals surface area (Å²) in [6.45, 7) is 4.68. The van der Waals surface area contributed by atoms with Crippen molar-refractivity contribution < 1.29 is 14.3 Å². The molecule has 8 nitrogen and oxygen atoms in total. The number of carbonyl (C=O) groups excluding carboxylic acids is 1. The van der Waals surface area contributed by atoms with Crippen molar-refractivity contribution >= 4 is 22.8 Å². The number of pyridine rings is 1. The van der Waals surface area contributed by atoms with Gasteiger partial charge in [-0.25, -0.2) is 9.78 Å². The zero-order valence-corrected chi connectivity index (χ0v) is 16.0. The topological polar surface area (TPSA) is 81.5 Å². The highest BCUT2D eigenvalue weighted by molar-refractivity contribution is 5.92. The van der Waals surface area contributed by atoms with E-state index in [-0.39, 0.29) is 18.2 Å². The summed E-state index contributed by atoms with van der Waals surface area (Å²) in [5.41, 5.74) is 2.38. The Hall–Kier alpha value is -2.19. The molecule has 2 fully saturated rings. The van der Waals surface area contributed by atoms with Crippen molar-refractivity contribution in [1.29, 1.82) is 0 Å². The van der Waals surface area contributed by atoms with Crippen LogP contribution in [0.25, 0.3) is 11.0 Å². The number of urea groups is 1. The number of fused-ring (bicyclic) bond motifs is 1. The number of hydrogen-bond donors (Lipinski definition) is 1. The Bertz CT molecular complexity index is 791. The highest BCUT2D eigenvalue weighted by Crippen LogP contribution is 2.21. The Labute approximate surface area is 158 Å². The number of rotatable bonds is 5. The van der Waals surface area contributed by atoms with Crippen molar-refractivity contribution in [2.24, 2.45) is 7.05 Å². The monoisotopic (exact) mass is 373 g/mol. The molecule has 8 heteroatoms. The maximum absolute atomic E-state index is 13.0.